The van der Waals surface area contributed by atoms with Crippen LogP contribution in [0.5, 0.6) is 0 Å². The third kappa shape index (κ3) is 7.05. The molecule has 0 aliphatic rings. The summed E-state index contributed by atoms with van der Waals surface area (Å²) in [5.41, 5.74) is 2.37. The van der Waals surface area contributed by atoms with Crippen molar-refractivity contribution in [3.63, 3.8) is 0 Å². The van der Waals surface area contributed by atoms with Crippen molar-refractivity contribution in [2.24, 2.45) is 5.92 Å². The second kappa shape index (κ2) is 10.4. The fourth-order valence-electron chi connectivity index (χ4n) is 2.32. The van der Waals surface area contributed by atoms with Crippen LogP contribution >= 0.6 is 0 Å². The molecule has 0 aromatic heterocycles. The minimum absolute atomic E-state index is 0.0561. The van der Waals surface area contributed by atoms with E-state index in [-0.39, 0.29) is 18.4 Å². The van der Waals surface area contributed by atoms with Crippen molar-refractivity contribution < 1.29 is 9.90 Å². The van der Waals surface area contributed by atoms with E-state index in [1.165, 1.54) is 5.56 Å². The van der Waals surface area contributed by atoms with Crippen molar-refractivity contribution in [2.45, 2.75) is 39.5 Å². The highest BCUT2D eigenvalue weighted by Gasteiger charge is 2.14. The molecule has 0 spiro atoms. The average Bonchev–Trinajstić information content (AvgIpc) is 2.50. The Morgan fingerprint density at radius 1 is 1.09 bits per heavy atom. The number of amides is 1. The molecule has 0 radical (unpaired) electrons. The van der Waals surface area contributed by atoms with Crippen LogP contribution in [0.25, 0.3) is 0 Å². The second-order valence-electron chi connectivity index (χ2n) is 6.18. The van der Waals surface area contributed by atoms with Gasteiger partial charge in [-0.05, 0) is 43.4 Å². The Labute approximate surface area is 134 Å². The van der Waals surface area contributed by atoms with Crippen molar-refractivity contribution in [1.29, 1.82) is 0 Å². The summed E-state index contributed by atoms with van der Waals surface area (Å²) in [5, 5.41) is 14.8. The summed E-state index contributed by atoms with van der Waals surface area (Å²) in [6.07, 6.45) is 1.81. The van der Waals surface area contributed by atoms with Crippen LogP contribution in [0.3, 0.4) is 0 Å². The summed E-state index contributed by atoms with van der Waals surface area (Å²) in [4.78, 5) is 12.1. The molecule has 3 N–H and O–H groups in total. The molecule has 0 saturated carbocycles. The Hall–Kier alpha value is -1.39. The number of aliphatic hydroxyl groups is 1. The Kier molecular flexibility index (Phi) is 8.78. The molecule has 4 nitrogen and oxygen atoms in total. The molecule has 0 fully saturated rings. The predicted molar refractivity (Wildman–Crippen MR) is 91.0 cm³/mol. The number of hydrogen-bond acceptors (Lipinski definition) is 3. The largest absolute Gasteiger partial charge is 0.396 e. The van der Waals surface area contributed by atoms with Gasteiger partial charge in [0, 0.05) is 19.7 Å². The van der Waals surface area contributed by atoms with E-state index in [0.29, 0.717) is 12.5 Å². The molecule has 22 heavy (non-hydrogen) atoms. The Balaban J connectivity index is 2.36. The molecule has 1 amide bonds. The second-order valence-corrected chi connectivity index (χ2v) is 6.18. The summed E-state index contributed by atoms with van der Waals surface area (Å²) < 4.78 is 0. The highest BCUT2D eigenvalue weighted by atomic mass is 16.3. The van der Waals surface area contributed by atoms with Crippen molar-refractivity contribution in [1.82, 2.24) is 10.6 Å². The number of nitrogens with one attached hydrogen (secondary N) is 2. The SMILES string of the molecule is CC(C)Cc1ccc(C(C)C(=O)NCCNCCCO)cc1. The molecule has 1 aromatic rings. The van der Waals surface area contributed by atoms with Crippen molar-refractivity contribution in [3.05, 3.63) is 35.4 Å². The third-order valence-corrected chi connectivity index (χ3v) is 3.63. The third-order valence-electron chi connectivity index (χ3n) is 3.63. The highest BCUT2D eigenvalue weighted by Crippen LogP contribution is 2.17. The lowest BCUT2D eigenvalue weighted by atomic mass is 9.96. The van der Waals surface area contributed by atoms with Gasteiger partial charge in [-0.2, -0.15) is 0 Å². The van der Waals surface area contributed by atoms with Crippen LogP contribution in [0.4, 0.5) is 0 Å². The highest BCUT2D eigenvalue weighted by molar-refractivity contribution is 5.83. The first-order chi connectivity index (χ1) is 10.5. The number of benzene rings is 1. The first-order valence-corrected chi connectivity index (χ1v) is 8.22. The van der Waals surface area contributed by atoms with Crippen LogP contribution in [-0.4, -0.2) is 37.3 Å². The Morgan fingerprint density at radius 2 is 1.77 bits per heavy atom. The van der Waals surface area contributed by atoms with Crippen LogP contribution in [0.1, 0.15) is 44.2 Å². The van der Waals surface area contributed by atoms with Gasteiger partial charge in [0.25, 0.3) is 0 Å². The molecule has 124 valence electrons. The number of carbonyl (C=O) groups is 1. The zero-order valence-electron chi connectivity index (χ0n) is 14.1. The van der Waals surface area contributed by atoms with Crippen LogP contribution in [0.2, 0.25) is 0 Å². The molecule has 1 atom stereocenters. The minimum Gasteiger partial charge on any atom is -0.396 e. The van der Waals surface area contributed by atoms with E-state index >= 15 is 0 Å². The lowest BCUT2D eigenvalue weighted by Gasteiger charge is -2.14. The monoisotopic (exact) mass is 306 g/mol. The number of hydrogen-bond donors (Lipinski definition) is 3. The lowest BCUT2D eigenvalue weighted by Crippen LogP contribution is -2.34. The summed E-state index contributed by atoms with van der Waals surface area (Å²) in [7, 11) is 0. The number of rotatable bonds is 10. The molecule has 0 aliphatic heterocycles. The smallest absolute Gasteiger partial charge is 0.227 e. The van der Waals surface area contributed by atoms with E-state index in [9.17, 15) is 4.79 Å². The first-order valence-electron chi connectivity index (χ1n) is 8.22. The van der Waals surface area contributed by atoms with Crippen LogP contribution < -0.4 is 10.6 Å². The number of aliphatic hydroxyl groups excluding tert-OH is 1. The molecule has 1 aromatic carbocycles. The topological polar surface area (TPSA) is 61.4 Å². The standard InChI is InChI=1S/C18H30N2O2/c1-14(2)13-16-5-7-17(8-6-16)15(3)18(22)20-11-10-19-9-4-12-21/h5-8,14-15,19,21H,4,9-13H2,1-3H3,(H,20,22). The maximum absolute atomic E-state index is 12.1. The van der Waals surface area contributed by atoms with E-state index in [1.807, 2.05) is 6.92 Å². The van der Waals surface area contributed by atoms with Gasteiger partial charge < -0.3 is 15.7 Å². The minimum atomic E-state index is -0.134. The van der Waals surface area contributed by atoms with E-state index < -0.39 is 0 Å². The molecule has 4 heteroatoms. The fraction of sp³-hybridized carbons (Fsp3) is 0.611. The molecule has 0 heterocycles. The van der Waals surface area contributed by atoms with Crippen LogP contribution in [0, 0.1) is 5.92 Å². The van der Waals surface area contributed by atoms with E-state index in [0.717, 1.165) is 31.5 Å². The van der Waals surface area contributed by atoms with Crippen LogP contribution in [0.15, 0.2) is 24.3 Å². The van der Waals surface area contributed by atoms with Crippen molar-refractivity contribution in [3.8, 4) is 0 Å². The van der Waals surface area contributed by atoms with E-state index in [4.69, 9.17) is 5.11 Å². The molecule has 0 saturated heterocycles. The van der Waals surface area contributed by atoms with Gasteiger partial charge in [0.15, 0.2) is 0 Å². The van der Waals surface area contributed by atoms with Gasteiger partial charge in [-0.1, -0.05) is 38.1 Å². The van der Waals surface area contributed by atoms with Gasteiger partial charge in [0.05, 0.1) is 5.92 Å². The van der Waals surface area contributed by atoms with Gasteiger partial charge in [0.1, 0.15) is 0 Å². The van der Waals surface area contributed by atoms with Crippen LogP contribution in [-0.2, 0) is 11.2 Å². The van der Waals surface area contributed by atoms with Gasteiger partial charge in [-0.15, -0.1) is 0 Å². The van der Waals surface area contributed by atoms with E-state index in [2.05, 4.69) is 48.7 Å². The van der Waals surface area contributed by atoms with Crippen molar-refractivity contribution in [2.75, 3.05) is 26.2 Å². The summed E-state index contributed by atoms with van der Waals surface area (Å²) in [6.45, 7) is 8.66. The quantitative estimate of drug-likeness (QED) is 0.580. The van der Waals surface area contributed by atoms with Gasteiger partial charge >= 0.3 is 0 Å². The van der Waals surface area contributed by atoms with Crippen molar-refractivity contribution >= 4 is 5.91 Å². The Morgan fingerprint density at radius 3 is 2.36 bits per heavy atom. The lowest BCUT2D eigenvalue weighted by molar-refractivity contribution is -0.122. The van der Waals surface area contributed by atoms with Gasteiger partial charge in [0.2, 0.25) is 5.91 Å². The zero-order valence-corrected chi connectivity index (χ0v) is 14.1. The summed E-state index contributed by atoms with van der Waals surface area (Å²) in [5.74, 6) is 0.566. The van der Waals surface area contributed by atoms with E-state index in [1.54, 1.807) is 0 Å². The molecule has 0 aliphatic carbocycles. The summed E-state index contributed by atoms with van der Waals surface area (Å²) in [6, 6.07) is 8.36. The molecule has 0 bridgehead atoms. The maximum Gasteiger partial charge on any atom is 0.227 e. The molecule has 1 unspecified atom stereocenters. The molecular weight excluding hydrogens is 276 g/mol. The zero-order chi connectivity index (χ0) is 16.4. The number of carbonyl (C=O) groups excluding carboxylic acids is 1. The Bertz CT molecular complexity index is 429. The summed E-state index contributed by atoms with van der Waals surface area (Å²) >= 11 is 0. The van der Waals surface area contributed by atoms with Gasteiger partial charge in [-0.3, -0.25) is 4.79 Å². The predicted octanol–water partition coefficient (Wildman–Crippen LogP) is 2.08. The molecule has 1 rings (SSSR count). The first kappa shape index (κ1) is 18.7. The average molecular weight is 306 g/mol. The van der Waals surface area contributed by atoms with Gasteiger partial charge in [-0.25, -0.2) is 0 Å². The normalized spacial score (nSPS) is 12.4. The maximum atomic E-state index is 12.1. The molecular formula is C18H30N2O2. The fourth-order valence-corrected chi connectivity index (χ4v) is 2.32.